The molecule has 0 spiro atoms. The molecular formula is C14H26O3. The van der Waals surface area contributed by atoms with Crippen LogP contribution in [0.4, 0.5) is 0 Å². The largest absolute Gasteiger partial charge is 0.481 e. The van der Waals surface area contributed by atoms with Crippen molar-refractivity contribution < 1.29 is 14.6 Å². The quantitative estimate of drug-likeness (QED) is 0.821. The third kappa shape index (κ3) is 2.35. The number of carbonyl (C=O) groups is 1. The minimum absolute atomic E-state index is 0.0671. The topological polar surface area (TPSA) is 46.5 Å². The van der Waals surface area contributed by atoms with Crippen LogP contribution in [0.3, 0.4) is 0 Å². The van der Waals surface area contributed by atoms with E-state index in [1.165, 1.54) is 0 Å². The molecule has 0 aromatic rings. The van der Waals surface area contributed by atoms with Gasteiger partial charge in [-0.2, -0.15) is 0 Å². The van der Waals surface area contributed by atoms with Gasteiger partial charge in [0.25, 0.3) is 0 Å². The second-order valence-electron chi connectivity index (χ2n) is 6.39. The van der Waals surface area contributed by atoms with Crippen LogP contribution in [-0.2, 0) is 9.53 Å². The molecule has 0 amide bonds. The molecule has 100 valence electrons. The molecule has 1 saturated heterocycles. The molecule has 1 N–H and O–H groups in total. The molecule has 1 unspecified atom stereocenters. The molecule has 0 saturated carbocycles. The molecule has 3 nitrogen and oxygen atoms in total. The zero-order chi connectivity index (χ0) is 13.5. The van der Waals surface area contributed by atoms with E-state index in [1.807, 2.05) is 41.5 Å². The third-order valence-corrected chi connectivity index (χ3v) is 4.43. The maximum absolute atomic E-state index is 11.7. The zero-order valence-electron chi connectivity index (χ0n) is 12.0. The zero-order valence-corrected chi connectivity index (χ0v) is 12.0. The van der Waals surface area contributed by atoms with Crippen molar-refractivity contribution in [1.82, 2.24) is 0 Å². The first-order chi connectivity index (χ1) is 7.61. The van der Waals surface area contributed by atoms with Crippen molar-refractivity contribution in [2.45, 2.75) is 72.0 Å². The summed E-state index contributed by atoms with van der Waals surface area (Å²) in [6, 6.07) is 0. The highest BCUT2D eigenvalue weighted by Gasteiger charge is 2.57. The Morgan fingerprint density at radius 3 is 2.00 bits per heavy atom. The van der Waals surface area contributed by atoms with Gasteiger partial charge in [-0.1, -0.05) is 13.8 Å². The summed E-state index contributed by atoms with van der Waals surface area (Å²) in [5.74, 6) is -0.612. The maximum Gasteiger partial charge on any atom is 0.310 e. The molecule has 1 aliphatic heterocycles. The van der Waals surface area contributed by atoms with E-state index in [0.29, 0.717) is 12.8 Å². The number of carboxylic acids is 1. The van der Waals surface area contributed by atoms with Gasteiger partial charge in [-0.05, 0) is 47.0 Å². The molecule has 0 bridgehead atoms. The standard InChI is InChI=1S/C14H26O3/c1-7-14(8-2,11(15)16)10-9-12(3,4)17-13(10,5)6/h10H,7-9H2,1-6H3,(H,15,16). The molecule has 1 fully saturated rings. The number of aliphatic carboxylic acids is 1. The van der Waals surface area contributed by atoms with Gasteiger partial charge in [0.05, 0.1) is 16.6 Å². The van der Waals surface area contributed by atoms with Gasteiger partial charge in [-0.15, -0.1) is 0 Å². The fourth-order valence-electron chi connectivity index (χ4n) is 3.62. The highest BCUT2D eigenvalue weighted by atomic mass is 16.5. The van der Waals surface area contributed by atoms with Crippen LogP contribution < -0.4 is 0 Å². The van der Waals surface area contributed by atoms with E-state index in [4.69, 9.17) is 4.74 Å². The first-order valence-corrected chi connectivity index (χ1v) is 6.55. The Kier molecular flexibility index (Phi) is 3.64. The minimum atomic E-state index is -0.679. The van der Waals surface area contributed by atoms with E-state index >= 15 is 0 Å². The fourth-order valence-corrected chi connectivity index (χ4v) is 3.62. The molecule has 1 aliphatic rings. The lowest BCUT2D eigenvalue weighted by Crippen LogP contribution is -2.45. The maximum atomic E-state index is 11.7. The van der Waals surface area contributed by atoms with Crippen LogP contribution in [0.2, 0.25) is 0 Å². The molecular weight excluding hydrogens is 216 g/mol. The normalized spacial score (nSPS) is 27.1. The summed E-state index contributed by atoms with van der Waals surface area (Å²) < 4.78 is 6.05. The van der Waals surface area contributed by atoms with Gasteiger partial charge in [0.1, 0.15) is 0 Å². The van der Waals surface area contributed by atoms with Gasteiger partial charge in [0.15, 0.2) is 0 Å². The minimum Gasteiger partial charge on any atom is -0.481 e. The number of carboxylic acid groups (broad SMARTS) is 1. The summed E-state index contributed by atoms with van der Waals surface area (Å²) in [6.45, 7) is 12.1. The predicted octanol–water partition coefficient (Wildman–Crippen LogP) is 3.47. The molecule has 0 aliphatic carbocycles. The number of rotatable bonds is 4. The van der Waals surface area contributed by atoms with Gasteiger partial charge in [-0.25, -0.2) is 0 Å². The van der Waals surface area contributed by atoms with Crippen molar-refractivity contribution in [1.29, 1.82) is 0 Å². The summed E-state index contributed by atoms with van der Waals surface area (Å²) in [4.78, 5) is 11.7. The van der Waals surface area contributed by atoms with E-state index in [0.717, 1.165) is 6.42 Å². The van der Waals surface area contributed by atoms with Gasteiger partial charge >= 0.3 is 5.97 Å². The third-order valence-electron chi connectivity index (χ3n) is 4.43. The van der Waals surface area contributed by atoms with Crippen LogP contribution in [0.1, 0.15) is 60.8 Å². The van der Waals surface area contributed by atoms with Crippen LogP contribution in [0.25, 0.3) is 0 Å². The molecule has 3 heteroatoms. The van der Waals surface area contributed by atoms with Gasteiger partial charge in [0.2, 0.25) is 0 Å². The summed E-state index contributed by atoms with van der Waals surface area (Å²) in [5, 5.41) is 9.63. The van der Waals surface area contributed by atoms with Crippen molar-refractivity contribution >= 4 is 5.97 Å². The Balaban J connectivity index is 3.17. The summed E-state index contributed by atoms with van der Waals surface area (Å²) in [7, 11) is 0. The van der Waals surface area contributed by atoms with Crippen molar-refractivity contribution in [3.05, 3.63) is 0 Å². The average Bonchev–Trinajstić information content (AvgIpc) is 2.38. The van der Waals surface area contributed by atoms with E-state index in [2.05, 4.69) is 0 Å². The molecule has 1 rings (SSSR count). The fraction of sp³-hybridized carbons (Fsp3) is 0.929. The second-order valence-corrected chi connectivity index (χ2v) is 6.39. The van der Waals surface area contributed by atoms with Crippen molar-refractivity contribution in [2.75, 3.05) is 0 Å². The number of ether oxygens (including phenoxy) is 1. The smallest absolute Gasteiger partial charge is 0.310 e. The van der Waals surface area contributed by atoms with Gasteiger partial charge in [-0.3, -0.25) is 4.79 Å². The molecule has 0 aromatic carbocycles. The van der Waals surface area contributed by atoms with Gasteiger partial charge in [0, 0.05) is 5.92 Å². The van der Waals surface area contributed by atoms with Crippen LogP contribution in [0, 0.1) is 11.3 Å². The highest BCUT2D eigenvalue weighted by molar-refractivity contribution is 5.75. The Bertz CT molecular complexity index is 301. The lowest BCUT2D eigenvalue weighted by Gasteiger charge is -2.39. The van der Waals surface area contributed by atoms with E-state index in [1.54, 1.807) is 0 Å². The average molecular weight is 242 g/mol. The van der Waals surface area contributed by atoms with E-state index in [-0.39, 0.29) is 17.1 Å². The van der Waals surface area contributed by atoms with Crippen LogP contribution >= 0.6 is 0 Å². The van der Waals surface area contributed by atoms with Crippen LogP contribution in [0.5, 0.6) is 0 Å². The molecule has 17 heavy (non-hydrogen) atoms. The SMILES string of the molecule is CCC(CC)(C(=O)O)C1CC(C)(C)OC1(C)C. The Morgan fingerprint density at radius 2 is 1.76 bits per heavy atom. The van der Waals surface area contributed by atoms with Crippen molar-refractivity contribution in [3.8, 4) is 0 Å². The Hall–Kier alpha value is -0.570. The first-order valence-electron chi connectivity index (χ1n) is 6.55. The van der Waals surface area contributed by atoms with E-state index < -0.39 is 11.4 Å². The van der Waals surface area contributed by atoms with Crippen LogP contribution in [0.15, 0.2) is 0 Å². The summed E-state index contributed by atoms with van der Waals surface area (Å²) in [6.07, 6.45) is 2.13. The first kappa shape index (κ1) is 14.5. The number of hydrogen-bond donors (Lipinski definition) is 1. The van der Waals surface area contributed by atoms with Gasteiger partial charge < -0.3 is 9.84 Å². The van der Waals surface area contributed by atoms with E-state index in [9.17, 15) is 9.90 Å². The number of hydrogen-bond acceptors (Lipinski definition) is 2. The highest BCUT2D eigenvalue weighted by Crippen LogP contribution is 2.53. The predicted molar refractivity (Wildman–Crippen MR) is 68.0 cm³/mol. The Labute approximate surface area is 105 Å². The van der Waals surface area contributed by atoms with Crippen molar-refractivity contribution in [3.63, 3.8) is 0 Å². The van der Waals surface area contributed by atoms with Crippen molar-refractivity contribution in [2.24, 2.45) is 11.3 Å². The molecule has 1 heterocycles. The lowest BCUT2D eigenvalue weighted by molar-refractivity contribution is -0.159. The monoisotopic (exact) mass is 242 g/mol. The second kappa shape index (κ2) is 4.27. The molecule has 1 atom stereocenters. The van der Waals surface area contributed by atoms with Crippen LogP contribution in [-0.4, -0.2) is 22.3 Å². The Morgan fingerprint density at radius 1 is 1.29 bits per heavy atom. The molecule has 0 radical (unpaired) electrons. The summed E-state index contributed by atoms with van der Waals surface area (Å²) >= 11 is 0. The summed E-state index contributed by atoms with van der Waals surface area (Å²) in [5.41, 5.74) is -1.25. The molecule has 0 aromatic heterocycles. The lowest BCUT2D eigenvalue weighted by atomic mass is 9.64.